The summed E-state index contributed by atoms with van der Waals surface area (Å²) in [5.41, 5.74) is 3.28. The van der Waals surface area contributed by atoms with Crippen LogP contribution in [0.5, 0.6) is 0 Å². The van der Waals surface area contributed by atoms with Crippen molar-refractivity contribution < 1.29 is 9.59 Å². The van der Waals surface area contributed by atoms with E-state index in [4.69, 9.17) is 11.6 Å². The van der Waals surface area contributed by atoms with Crippen LogP contribution in [0.2, 0.25) is 5.02 Å². The van der Waals surface area contributed by atoms with E-state index in [2.05, 4.69) is 5.32 Å². The highest BCUT2D eigenvalue weighted by Crippen LogP contribution is 2.20. The second-order valence-corrected chi connectivity index (χ2v) is 5.90. The summed E-state index contributed by atoms with van der Waals surface area (Å²) in [6, 6.07) is 12.5. The van der Waals surface area contributed by atoms with Gasteiger partial charge >= 0.3 is 0 Å². The predicted molar refractivity (Wildman–Crippen MR) is 93.0 cm³/mol. The van der Waals surface area contributed by atoms with Gasteiger partial charge in [0.25, 0.3) is 5.91 Å². The summed E-state index contributed by atoms with van der Waals surface area (Å²) in [4.78, 5) is 25.8. The van der Waals surface area contributed by atoms with Crippen molar-refractivity contribution in [2.75, 3.05) is 18.9 Å². The molecule has 0 unspecified atom stereocenters. The first kappa shape index (κ1) is 17.0. The maximum atomic E-state index is 12.4. The van der Waals surface area contributed by atoms with Crippen LogP contribution in [-0.4, -0.2) is 30.3 Å². The number of benzene rings is 2. The SMILES string of the molecule is Cc1ccc(C(=O)N(C)CC(=O)Nc2ccccc2Cl)cc1C. The molecule has 0 bridgehead atoms. The number of rotatable bonds is 4. The zero-order valence-electron chi connectivity index (χ0n) is 13.4. The molecule has 4 nitrogen and oxygen atoms in total. The zero-order valence-corrected chi connectivity index (χ0v) is 14.1. The molecule has 23 heavy (non-hydrogen) atoms. The molecule has 0 radical (unpaired) electrons. The molecule has 0 spiro atoms. The van der Waals surface area contributed by atoms with Gasteiger partial charge in [0, 0.05) is 12.6 Å². The number of likely N-dealkylation sites (N-methyl/N-ethyl adjacent to an activating group) is 1. The van der Waals surface area contributed by atoms with Gasteiger partial charge in [-0.25, -0.2) is 0 Å². The van der Waals surface area contributed by atoms with Crippen molar-refractivity contribution in [3.63, 3.8) is 0 Å². The number of halogens is 1. The summed E-state index contributed by atoms with van der Waals surface area (Å²) < 4.78 is 0. The molecule has 0 saturated carbocycles. The molecule has 120 valence electrons. The van der Waals surface area contributed by atoms with Crippen molar-refractivity contribution in [2.24, 2.45) is 0 Å². The molecular weight excluding hydrogens is 312 g/mol. The number of amides is 2. The molecule has 5 heteroatoms. The maximum absolute atomic E-state index is 12.4. The number of carbonyl (C=O) groups is 2. The van der Waals surface area contributed by atoms with Crippen LogP contribution in [0.1, 0.15) is 21.5 Å². The molecule has 0 saturated heterocycles. The third-order valence-corrected chi connectivity index (χ3v) is 3.96. The normalized spacial score (nSPS) is 10.3. The molecule has 0 atom stereocenters. The average molecular weight is 331 g/mol. The monoisotopic (exact) mass is 330 g/mol. The van der Waals surface area contributed by atoms with Gasteiger partial charge in [0.1, 0.15) is 0 Å². The van der Waals surface area contributed by atoms with Gasteiger partial charge in [-0.1, -0.05) is 29.8 Å². The minimum Gasteiger partial charge on any atom is -0.332 e. The standard InChI is InChI=1S/C18H19ClN2O2/c1-12-8-9-14(10-13(12)2)18(23)21(3)11-17(22)20-16-7-5-4-6-15(16)19/h4-10H,11H2,1-3H3,(H,20,22). The number of nitrogens with one attached hydrogen (secondary N) is 1. The van der Waals surface area contributed by atoms with Crippen molar-refractivity contribution in [3.8, 4) is 0 Å². The Morgan fingerprint density at radius 2 is 1.78 bits per heavy atom. The van der Waals surface area contributed by atoms with Gasteiger partial charge in [0.2, 0.25) is 5.91 Å². The van der Waals surface area contributed by atoms with Crippen LogP contribution in [0.15, 0.2) is 42.5 Å². The predicted octanol–water partition coefficient (Wildman–Crippen LogP) is 3.67. The number of carbonyl (C=O) groups excluding carboxylic acids is 2. The first-order valence-electron chi connectivity index (χ1n) is 7.25. The Balaban J connectivity index is 2.01. The third kappa shape index (κ3) is 4.33. The number of anilines is 1. The Kier molecular flexibility index (Phi) is 5.40. The van der Waals surface area contributed by atoms with Gasteiger partial charge in [0.05, 0.1) is 17.3 Å². The highest BCUT2D eigenvalue weighted by atomic mass is 35.5. The molecule has 0 heterocycles. The minimum absolute atomic E-state index is 0.0447. The molecule has 2 aromatic carbocycles. The lowest BCUT2D eigenvalue weighted by atomic mass is 10.1. The average Bonchev–Trinajstić information content (AvgIpc) is 2.51. The highest BCUT2D eigenvalue weighted by molar-refractivity contribution is 6.33. The quantitative estimate of drug-likeness (QED) is 0.930. The van der Waals surface area contributed by atoms with Crippen LogP contribution in [0.25, 0.3) is 0 Å². The molecule has 0 aliphatic carbocycles. The van der Waals surface area contributed by atoms with E-state index in [1.165, 1.54) is 4.90 Å². The van der Waals surface area contributed by atoms with Crippen molar-refractivity contribution in [1.82, 2.24) is 4.90 Å². The third-order valence-electron chi connectivity index (χ3n) is 3.63. The number of aryl methyl sites for hydroxylation is 2. The lowest BCUT2D eigenvalue weighted by molar-refractivity contribution is -0.116. The van der Waals surface area contributed by atoms with E-state index in [1.807, 2.05) is 26.0 Å². The Labute approximate surface area is 141 Å². The van der Waals surface area contributed by atoms with E-state index in [0.29, 0.717) is 16.3 Å². The van der Waals surface area contributed by atoms with E-state index >= 15 is 0 Å². The highest BCUT2D eigenvalue weighted by Gasteiger charge is 2.16. The Morgan fingerprint density at radius 3 is 2.43 bits per heavy atom. The van der Waals surface area contributed by atoms with Crippen molar-refractivity contribution in [1.29, 1.82) is 0 Å². The van der Waals surface area contributed by atoms with Gasteiger partial charge in [0.15, 0.2) is 0 Å². The van der Waals surface area contributed by atoms with Gasteiger partial charge < -0.3 is 10.2 Å². The van der Waals surface area contributed by atoms with Crippen molar-refractivity contribution >= 4 is 29.1 Å². The summed E-state index contributed by atoms with van der Waals surface area (Å²) >= 11 is 6.00. The largest absolute Gasteiger partial charge is 0.332 e. The number of nitrogens with zero attached hydrogens (tertiary/aromatic N) is 1. The van der Waals surface area contributed by atoms with Crippen LogP contribution in [-0.2, 0) is 4.79 Å². The topological polar surface area (TPSA) is 49.4 Å². The first-order valence-corrected chi connectivity index (χ1v) is 7.63. The molecule has 2 aromatic rings. The zero-order chi connectivity index (χ0) is 17.0. The maximum Gasteiger partial charge on any atom is 0.254 e. The van der Waals surface area contributed by atoms with Gasteiger partial charge in [-0.15, -0.1) is 0 Å². The summed E-state index contributed by atoms with van der Waals surface area (Å²) in [6.45, 7) is 3.90. The smallest absolute Gasteiger partial charge is 0.254 e. The Bertz CT molecular complexity index is 744. The molecule has 0 fully saturated rings. The first-order chi connectivity index (χ1) is 10.9. The fourth-order valence-electron chi connectivity index (χ4n) is 2.13. The molecule has 2 rings (SSSR count). The second-order valence-electron chi connectivity index (χ2n) is 5.49. The van der Waals surface area contributed by atoms with E-state index in [1.54, 1.807) is 37.4 Å². The van der Waals surface area contributed by atoms with Crippen molar-refractivity contribution in [3.05, 3.63) is 64.2 Å². The minimum atomic E-state index is -0.294. The molecule has 0 aliphatic rings. The van der Waals surface area contributed by atoms with E-state index in [0.717, 1.165) is 11.1 Å². The molecule has 0 aliphatic heterocycles. The van der Waals surface area contributed by atoms with Gasteiger partial charge in [-0.3, -0.25) is 9.59 Å². The Hall–Kier alpha value is -2.33. The van der Waals surface area contributed by atoms with Crippen LogP contribution in [0, 0.1) is 13.8 Å². The van der Waals surface area contributed by atoms with Crippen molar-refractivity contribution in [2.45, 2.75) is 13.8 Å². The van der Waals surface area contributed by atoms with Crippen LogP contribution >= 0.6 is 11.6 Å². The van der Waals surface area contributed by atoms with E-state index in [-0.39, 0.29) is 18.4 Å². The second kappa shape index (κ2) is 7.29. The van der Waals surface area contributed by atoms with Crippen LogP contribution in [0.4, 0.5) is 5.69 Å². The Morgan fingerprint density at radius 1 is 1.09 bits per heavy atom. The fraction of sp³-hybridized carbons (Fsp3) is 0.222. The number of para-hydroxylation sites is 1. The summed E-state index contributed by atoms with van der Waals surface area (Å²) in [6.07, 6.45) is 0. The molecule has 2 amide bonds. The lowest BCUT2D eigenvalue weighted by Crippen LogP contribution is -2.35. The van der Waals surface area contributed by atoms with E-state index < -0.39 is 0 Å². The number of hydrogen-bond donors (Lipinski definition) is 1. The van der Waals surface area contributed by atoms with Gasteiger partial charge in [-0.05, 0) is 49.2 Å². The van der Waals surface area contributed by atoms with Crippen LogP contribution < -0.4 is 5.32 Å². The molecule has 1 N–H and O–H groups in total. The summed E-state index contributed by atoms with van der Waals surface area (Å²) in [5, 5.41) is 3.17. The summed E-state index contributed by atoms with van der Waals surface area (Å²) in [5.74, 6) is -0.486. The fourth-order valence-corrected chi connectivity index (χ4v) is 2.32. The summed E-state index contributed by atoms with van der Waals surface area (Å²) in [7, 11) is 1.60. The lowest BCUT2D eigenvalue weighted by Gasteiger charge is -2.17. The van der Waals surface area contributed by atoms with Crippen LogP contribution in [0.3, 0.4) is 0 Å². The number of hydrogen-bond acceptors (Lipinski definition) is 2. The van der Waals surface area contributed by atoms with Gasteiger partial charge in [-0.2, -0.15) is 0 Å². The molecular formula is C18H19ClN2O2. The van der Waals surface area contributed by atoms with E-state index in [9.17, 15) is 9.59 Å². The molecule has 0 aromatic heterocycles.